The lowest BCUT2D eigenvalue weighted by Crippen LogP contribution is -2.23. The van der Waals surface area contributed by atoms with Gasteiger partial charge in [0.2, 0.25) is 0 Å². The van der Waals surface area contributed by atoms with Gasteiger partial charge < -0.3 is 9.73 Å². The summed E-state index contributed by atoms with van der Waals surface area (Å²) in [5.74, 6) is 0. The van der Waals surface area contributed by atoms with E-state index in [4.69, 9.17) is 4.42 Å². The molecule has 1 aromatic heterocycles. The van der Waals surface area contributed by atoms with Gasteiger partial charge in [-0.3, -0.25) is 0 Å². The van der Waals surface area contributed by atoms with Crippen LogP contribution in [0.4, 0.5) is 0 Å². The predicted octanol–water partition coefficient (Wildman–Crippen LogP) is 2.05. The summed E-state index contributed by atoms with van der Waals surface area (Å²) in [6.45, 7) is 4.28. The molecule has 2 heterocycles. The summed E-state index contributed by atoms with van der Waals surface area (Å²) < 4.78 is 5.05. The first-order valence-electron chi connectivity index (χ1n) is 4.30. The van der Waals surface area contributed by atoms with E-state index >= 15 is 0 Å². The largest absolute Gasteiger partial charge is 0.472 e. The maximum absolute atomic E-state index is 5.05. The van der Waals surface area contributed by atoms with E-state index in [-0.39, 0.29) is 0 Å². The van der Waals surface area contributed by atoms with Crippen LogP contribution in [0, 0.1) is 0 Å². The lowest BCUT2D eigenvalue weighted by molar-refractivity contribution is 0.566. The quantitative estimate of drug-likeness (QED) is 0.685. The summed E-state index contributed by atoms with van der Waals surface area (Å²) in [5, 5.41) is 3.35. The van der Waals surface area contributed by atoms with Gasteiger partial charge in [-0.2, -0.15) is 0 Å². The zero-order valence-corrected chi connectivity index (χ0v) is 7.26. The smallest absolute Gasteiger partial charge is 0.0978 e. The van der Waals surface area contributed by atoms with E-state index in [1.165, 1.54) is 16.7 Å². The molecule has 0 amide bonds. The Balaban J connectivity index is 2.33. The average molecular weight is 163 g/mol. The van der Waals surface area contributed by atoms with Crippen LogP contribution in [0.25, 0.3) is 5.57 Å². The van der Waals surface area contributed by atoms with Gasteiger partial charge in [-0.25, -0.2) is 0 Å². The van der Waals surface area contributed by atoms with Crippen LogP contribution in [0.2, 0.25) is 0 Å². The van der Waals surface area contributed by atoms with Gasteiger partial charge in [0, 0.05) is 12.1 Å². The second kappa shape index (κ2) is 3.15. The van der Waals surface area contributed by atoms with Crippen molar-refractivity contribution >= 4 is 5.57 Å². The van der Waals surface area contributed by atoms with Crippen molar-refractivity contribution in [3.8, 4) is 0 Å². The van der Waals surface area contributed by atoms with Crippen molar-refractivity contribution in [1.82, 2.24) is 5.32 Å². The first-order chi connectivity index (χ1) is 5.88. The average Bonchev–Trinajstić information content (AvgIpc) is 2.57. The van der Waals surface area contributed by atoms with Crippen LogP contribution >= 0.6 is 0 Å². The molecule has 0 unspecified atom stereocenters. The fraction of sp³-hybridized carbons (Fsp3) is 0.400. The van der Waals surface area contributed by atoms with Crippen molar-refractivity contribution in [2.75, 3.05) is 13.1 Å². The molecule has 0 bridgehead atoms. The van der Waals surface area contributed by atoms with Crippen molar-refractivity contribution in [3.63, 3.8) is 0 Å². The van der Waals surface area contributed by atoms with Crippen molar-refractivity contribution < 1.29 is 4.42 Å². The van der Waals surface area contributed by atoms with Gasteiger partial charge in [0.25, 0.3) is 0 Å². The van der Waals surface area contributed by atoms with Crippen LogP contribution in [-0.2, 0) is 0 Å². The van der Waals surface area contributed by atoms with E-state index in [0.717, 1.165) is 19.5 Å². The minimum Gasteiger partial charge on any atom is -0.472 e. The van der Waals surface area contributed by atoms with E-state index in [2.05, 4.69) is 12.2 Å². The predicted molar refractivity (Wildman–Crippen MR) is 48.8 cm³/mol. The number of hydrogen-bond acceptors (Lipinski definition) is 2. The highest BCUT2D eigenvalue weighted by Crippen LogP contribution is 2.22. The normalized spacial score (nSPS) is 18.4. The fourth-order valence-corrected chi connectivity index (χ4v) is 1.58. The fourth-order valence-electron chi connectivity index (χ4n) is 1.58. The van der Waals surface area contributed by atoms with E-state index < -0.39 is 0 Å². The van der Waals surface area contributed by atoms with Gasteiger partial charge in [-0.05, 0) is 31.5 Å². The molecule has 1 aliphatic rings. The van der Waals surface area contributed by atoms with Crippen molar-refractivity contribution in [1.29, 1.82) is 0 Å². The molecule has 0 saturated heterocycles. The first-order valence-corrected chi connectivity index (χ1v) is 4.30. The number of furan rings is 1. The second-order valence-electron chi connectivity index (χ2n) is 3.20. The summed E-state index contributed by atoms with van der Waals surface area (Å²) in [6.07, 6.45) is 4.69. The van der Waals surface area contributed by atoms with Crippen LogP contribution in [0.3, 0.4) is 0 Å². The Kier molecular flexibility index (Phi) is 2.00. The summed E-state index contributed by atoms with van der Waals surface area (Å²) in [7, 11) is 0. The standard InChI is InChI=1S/C10H13NO/c1-8-2-4-11-6-10(8)9-3-5-12-7-9/h3,5,7,11H,2,4,6H2,1H3. The molecular formula is C10H13NO. The summed E-state index contributed by atoms with van der Waals surface area (Å²) >= 11 is 0. The monoisotopic (exact) mass is 163 g/mol. The third-order valence-corrected chi connectivity index (χ3v) is 2.36. The van der Waals surface area contributed by atoms with E-state index in [9.17, 15) is 0 Å². The molecule has 1 N–H and O–H groups in total. The van der Waals surface area contributed by atoms with Gasteiger partial charge >= 0.3 is 0 Å². The Hall–Kier alpha value is -1.02. The molecule has 0 spiro atoms. The molecule has 1 aliphatic heterocycles. The van der Waals surface area contributed by atoms with Gasteiger partial charge in [-0.1, -0.05) is 5.57 Å². The van der Waals surface area contributed by atoms with Crippen LogP contribution in [0.5, 0.6) is 0 Å². The summed E-state index contributed by atoms with van der Waals surface area (Å²) in [5.41, 5.74) is 4.10. The Bertz CT molecular complexity index is 285. The number of nitrogens with one attached hydrogen (secondary N) is 1. The lowest BCUT2D eigenvalue weighted by Gasteiger charge is -2.17. The molecule has 2 rings (SSSR count). The first kappa shape index (κ1) is 7.62. The van der Waals surface area contributed by atoms with Gasteiger partial charge in [-0.15, -0.1) is 0 Å². The third-order valence-electron chi connectivity index (χ3n) is 2.36. The van der Waals surface area contributed by atoms with Crippen LogP contribution < -0.4 is 5.32 Å². The van der Waals surface area contributed by atoms with Crippen LogP contribution in [0.1, 0.15) is 18.9 Å². The van der Waals surface area contributed by atoms with E-state index in [1.807, 2.05) is 12.3 Å². The van der Waals surface area contributed by atoms with Crippen LogP contribution in [0.15, 0.2) is 28.6 Å². The highest BCUT2D eigenvalue weighted by Gasteiger charge is 2.10. The molecule has 64 valence electrons. The highest BCUT2D eigenvalue weighted by atomic mass is 16.3. The molecule has 0 saturated carbocycles. The highest BCUT2D eigenvalue weighted by molar-refractivity contribution is 5.69. The molecule has 0 atom stereocenters. The second-order valence-corrected chi connectivity index (χ2v) is 3.20. The molecule has 0 aromatic carbocycles. The number of rotatable bonds is 1. The molecular weight excluding hydrogens is 150 g/mol. The number of hydrogen-bond donors (Lipinski definition) is 1. The zero-order valence-electron chi connectivity index (χ0n) is 7.26. The Labute approximate surface area is 72.3 Å². The maximum Gasteiger partial charge on any atom is 0.0978 e. The Morgan fingerprint density at radius 1 is 1.50 bits per heavy atom. The van der Waals surface area contributed by atoms with Gasteiger partial charge in [0.05, 0.1) is 12.5 Å². The molecule has 12 heavy (non-hydrogen) atoms. The molecule has 0 fully saturated rings. The Morgan fingerprint density at radius 3 is 3.08 bits per heavy atom. The molecule has 0 radical (unpaired) electrons. The van der Waals surface area contributed by atoms with E-state index in [1.54, 1.807) is 6.26 Å². The molecule has 2 nitrogen and oxygen atoms in total. The lowest BCUT2D eigenvalue weighted by atomic mass is 9.98. The van der Waals surface area contributed by atoms with Crippen molar-refractivity contribution in [2.45, 2.75) is 13.3 Å². The SMILES string of the molecule is CC1=C(c2ccoc2)CNCC1. The summed E-state index contributed by atoms with van der Waals surface area (Å²) in [4.78, 5) is 0. The van der Waals surface area contributed by atoms with E-state index in [0.29, 0.717) is 0 Å². The summed E-state index contributed by atoms with van der Waals surface area (Å²) in [6, 6.07) is 2.02. The van der Waals surface area contributed by atoms with Crippen molar-refractivity contribution in [3.05, 3.63) is 29.7 Å². The Morgan fingerprint density at radius 2 is 2.42 bits per heavy atom. The zero-order chi connectivity index (χ0) is 8.39. The van der Waals surface area contributed by atoms with Crippen LogP contribution in [-0.4, -0.2) is 13.1 Å². The molecule has 2 heteroatoms. The molecule has 0 aliphatic carbocycles. The third kappa shape index (κ3) is 1.30. The van der Waals surface area contributed by atoms with Gasteiger partial charge in [0.15, 0.2) is 0 Å². The minimum atomic E-state index is 0.978. The maximum atomic E-state index is 5.05. The molecule has 1 aromatic rings. The minimum absolute atomic E-state index is 0.978. The topological polar surface area (TPSA) is 25.2 Å². The van der Waals surface area contributed by atoms with Gasteiger partial charge in [0.1, 0.15) is 0 Å². The van der Waals surface area contributed by atoms with Crippen molar-refractivity contribution in [2.24, 2.45) is 0 Å².